The number of aryl methyl sites for hydroxylation is 2. The molecule has 4 rings (SSSR count). The monoisotopic (exact) mass is 435 g/mol. The number of amides is 1. The minimum atomic E-state index is -0.0712. The zero-order chi connectivity index (χ0) is 21.6. The van der Waals surface area contributed by atoms with E-state index in [-0.39, 0.29) is 5.91 Å². The number of nitrogens with zero attached hydrogens (tertiary/aromatic N) is 4. The van der Waals surface area contributed by atoms with Crippen molar-refractivity contribution in [1.82, 2.24) is 14.9 Å². The molecule has 0 saturated carbocycles. The van der Waals surface area contributed by atoms with Gasteiger partial charge >= 0.3 is 0 Å². The van der Waals surface area contributed by atoms with E-state index < -0.39 is 0 Å². The number of carbonyl (C=O) groups excluding carboxylic acids is 1. The number of thiazole rings is 1. The van der Waals surface area contributed by atoms with Crippen molar-refractivity contribution in [2.45, 2.75) is 26.7 Å². The number of carbonyl (C=O) groups is 1. The summed E-state index contributed by atoms with van der Waals surface area (Å²) >= 11 is 1.48. The van der Waals surface area contributed by atoms with Crippen molar-refractivity contribution in [3.63, 3.8) is 0 Å². The molecule has 162 valence electrons. The first-order valence-electron chi connectivity index (χ1n) is 10.9. The van der Waals surface area contributed by atoms with Gasteiger partial charge in [0.25, 0.3) is 5.91 Å². The van der Waals surface area contributed by atoms with Crippen LogP contribution in [0.2, 0.25) is 0 Å². The first-order chi connectivity index (χ1) is 15.1. The Kier molecular flexibility index (Phi) is 6.94. The van der Waals surface area contributed by atoms with Gasteiger partial charge in [-0.1, -0.05) is 19.1 Å². The van der Waals surface area contributed by atoms with Crippen molar-refractivity contribution in [2.24, 2.45) is 0 Å². The van der Waals surface area contributed by atoms with E-state index in [1.54, 1.807) is 0 Å². The van der Waals surface area contributed by atoms with Crippen LogP contribution in [-0.4, -0.2) is 53.5 Å². The molecule has 3 heterocycles. The maximum absolute atomic E-state index is 12.9. The number of hydrogen-bond acceptors (Lipinski definition) is 6. The lowest BCUT2D eigenvalue weighted by atomic mass is 10.1. The molecule has 6 nitrogen and oxygen atoms in total. The fourth-order valence-electron chi connectivity index (χ4n) is 3.90. The van der Waals surface area contributed by atoms with Crippen molar-refractivity contribution in [3.05, 3.63) is 69.9 Å². The van der Waals surface area contributed by atoms with Gasteiger partial charge in [-0.25, -0.2) is 4.98 Å². The van der Waals surface area contributed by atoms with Gasteiger partial charge in [0.1, 0.15) is 4.88 Å². The minimum absolute atomic E-state index is 0.0712. The van der Waals surface area contributed by atoms with Gasteiger partial charge in [0, 0.05) is 45.1 Å². The Morgan fingerprint density at radius 3 is 2.55 bits per heavy atom. The number of para-hydroxylation sites is 2. The third-order valence-electron chi connectivity index (χ3n) is 5.68. The molecule has 1 aromatic carbocycles. The zero-order valence-corrected chi connectivity index (χ0v) is 19.0. The Bertz CT molecular complexity index is 1010. The van der Waals surface area contributed by atoms with Crippen molar-refractivity contribution >= 4 is 28.6 Å². The minimum Gasteiger partial charge on any atom is -0.367 e. The first-order valence-corrected chi connectivity index (χ1v) is 11.7. The number of benzene rings is 1. The molecule has 1 amide bonds. The fraction of sp³-hybridized carbons (Fsp3) is 0.375. The Morgan fingerprint density at radius 2 is 1.84 bits per heavy atom. The number of hydrogen-bond donors (Lipinski definition) is 1. The quantitative estimate of drug-likeness (QED) is 0.607. The van der Waals surface area contributed by atoms with Crippen molar-refractivity contribution < 1.29 is 4.79 Å². The van der Waals surface area contributed by atoms with Gasteiger partial charge in [-0.2, -0.15) is 0 Å². The van der Waals surface area contributed by atoms with E-state index in [1.807, 2.05) is 37.5 Å². The summed E-state index contributed by atoms with van der Waals surface area (Å²) < 4.78 is 0. The van der Waals surface area contributed by atoms with Crippen LogP contribution in [0.15, 0.2) is 48.8 Å². The lowest BCUT2D eigenvalue weighted by Gasteiger charge is -2.37. The molecule has 1 aliphatic rings. The molecule has 2 aromatic heterocycles. The number of piperazine rings is 1. The summed E-state index contributed by atoms with van der Waals surface area (Å²) in [5.74, 6) is -0.0712. The van der Waals surface area contributed by atoms with E-state index in [1.165, 1.54) is 16.9 Å². The highest BCUT2D eigenvalue weighted by Gasteiger charge is 2.21. The molecule has 1 fully saturated rings. The molecule has 0 atom stereocenters. The van der Waals surface area contributed by atoms with Crippen LogP contribution in [-0.2, 0) is 12.8 Å². The summed E-state index contributed by atoms with van der Waals surface area (Å²) in [5.41, 5.74) is 4.08. The zero-order valence-electron chi connectivity index (χ0n) is 18.2. The van der Waals surface area contributed by atoms with Crippen LogP contribution in [0, 0.1) is 6.92 Å². The smallest absolute Gasteiger partial charge is 0.267 e. The van der Waals surface area contributed by atoms with Gasteiger partial charge in [0.15, 0.2) is 0 Å². The van der Waals surface area contributed by atoms with Crippen molar-refractivity contribution in [3.8, 4) is 0 Å². The Balaban J connectivity index is 1.37. The SMILES string of the molecule is CCc1nc(C)c(C(=O)Nc2ccccc2N2CCN(CCc3ccncc3)CC2)s1. The predicted molar refractivity (Wildman–Crippen MR) is 127 cm³/mol. The van der Waals surface area contributed by atoms with E-state index in [0.29, 0.717) is 4.88 Å². The van der Waals surface area contributed by atoms with Gasteiger partial charge in [-0.15, -0.1) is 11.3 Å². The second-order valence-electron chi connectivity index (χ2n) is 7.78. The molecular formula is C24H29N5OS. The molecule has 0 radical (unpaired) electrons. The van der Waals surface area contributed by atoms with E-state index in [0.717, 1.165) is 67.6 Å². The molecule has 1 N–H and O–H groups in total. The number of pyridine rings is 1. The van der Waals surface area contributed by atoms with Crippen molar-refractivity contribution in [2.75, 3.05) is 42.9 Å². The average molecular weight is 436 g/mol. The molecule has 0 unspecified atom stereocenters. The number of rotatable bonds is 7. The number of anilines is 2. The molecule has 1 saturated heterocycles. The fourth-order valence-corrected chi connectivity index (χ4v) is 4.80. The Hall–Kier alpha value is -2.77. The lowest BCUT2D eigenvalue weighted by Crippen LogP contribution is -2.47. The first kappa shape index (κ1) is 21.5. The summed E-state index contributed by atoms with van der Waals surface area (Å²) in [7, 11) is 0. The highest BCUT2D eigenvalue weighted by molar-refractivity contribution is 7.13. The maximum Gasteiger partial charge on any atom is 0.267 e. The van der Waals surface area contributed by atoms with Gasteiger partial charge in [0.05, 0.1) is 22.1 Å². The van der Waals surface area contributed by atoms with Gasteiger partial charge in [-0.05, 0) is 49.6 Å². The highest BCUT2D eigenvalue weighted by atomic mass is 32.1. The van der Waals surface area contributed by atoms with E-state index in [4.69, 9.17) is 0 Å². The number of nitrogens with one attached hydrogen (secondary N) is 1. The third-order valence-corrected chi connectivity index (χ3v) is 6.98. The van der Waals surface area contributed by atoms with E-state index in [2.05, 4.69) is 50.2 Å². The largest absolute Gasteiger partial charge is 0.367 e. The second-order valence-corrected chi connectivity index (χ2v) is 8.86. The highest BCUT2D eigenvalue weighted by Crippen LogP contribution is 2.28. The van der Waals surface area contributed by atoms with Gasteiger partial charge < -0.3 is 10.2 Å². The van der Waals surface area contributed by atoms with Crippen LogP contribution in [0.25, 0.3) is 0 Å². The molecule has 0 bridgehead atoms. The van der Waals surface area contributed by atoms with Crippen LogP contribution in [0.4, 0.5) is 11.4 Å². The van der Waals surface area contributed by atoms with Crippen LogP contribution in [0.1, 0.15) is 32.9 Å². The number of aromatic nitrogens is 2. The summed E-state index contributed by atoms with van der Waals surface area (Å²) in [4.78, 5) is 27.1. The molecule has 31 heavy (non-hydrogen) atoms. The second kappa shape index (κ2) is 10.0. The van der Waals surface area contributed by atoms with Gasteiger partial charge in [0.2, 0.25) is 0 Å². The molecular weight excluding hydrogens is 406 g/mol. The Labute approximate surface area is 187 Å². The standard InChI is InChI=1S/C24H29N5OS/c1-3-22-26-18(2)23(31-22)24(30)27-20-6-4-5-7-21(20)29-16-14-28(15-17-29)13-10-19-8-11-25-12-9-19/h4-9,11-12H,3,10,13-17H2,1-2H3,(H,27,30). The molecule has 1 aliphatic heterocycles. The van der Waals surface area contributed by atoms with Crippen LogP contribution in [0.5, 0.6) is 0 Å². The molecule has 3 aromatic rings. The topological polar surface area (TPSA) is 61.4 Å². The summed E-state index contributed by atoms with van der Waals surface area (Å²) in [6.45, 7) is 8.95. The van der Waals surface area contributed by atoms with Crippen LogP contribution >= 0.6 is 11.3 Å². The summed E-state index contributed by atoms with van der Waals surface area (Å²) in [6, 6.07) is 12.3. The third kappa shape index (κ3) is 5.29. The summed E-state index contributed by atoms with van der Waals surface area (Å²) in [5, 5.41) is 4.13. The molecule has 0 spiro atoms. The summed E-state index contributed by atoms with van der Waals surface area (Å²) in [6.07, 6.45) is 5.61. The maximum atomic E-state index is 12.9. The van der Waals surface area contributed by atoms with E-state index in [9.17, 15) is 4.79 Å². The van der Waals surface area contributed by atoms with E-state index >= 15 is 0 Å². The predicted octanol–water partition coefficient (Wildman–Crippen LogP) is 4.03. The average Bonchev–Trinajstić information content (AvgIpc) is 3.20. The lowest BCUT2D eigenvalue weighted by molar-refractivity contribution is 0.103. The normalized spacial score (nSPS) is 14.6. The Morgan fingerprint density at radius 1 is 1.10 bits per heavy atom. The van der Waals surface area contributed by atoms with Crippen LogP contribution < -0.4 is 10.2 Å². The molecule has 7 heteroatoms. The van der Waals surface area contributed by atoms with Crippen molar-refractivity contribution in [1.29, 1.82) is 0 Å². The van der Waals surface area contributed by atoms with Crippen LogP contribution in [0.3, 0.4) is 0 Å². The van der Waals surface area contributed by atoms with Gasteiger partial charge in [-0.3, -0.25) is 14.7 Å². The molecule has 0 aliphatic carbocycles.